The monoisotopic (exact) mass is 1870 g/mol. The number of cyclic esters (lactones) is 2. The van der Waals surface area contributed by atoms with Gasteiger partial charge in [-0.1, -0.05) is 0 Å². The third-order valence-electron chi connectivity index (χ3n) is 21.2. The van der Waals surface area contributed by atoms with E-state index < -0.39 is 406 Å². The van der Waals surface area contributed by atoms with E-state index in [9.17, 15) is 177 Å². The van der Waals surface area contributed by atoms with Crippen LogP contribution in [0.1, 0.15) is 82.9 Å². The molecule has 694 valence electrons. The summed E-state index contributed by atoms with van der Waals surface area (Å²) in [6, 6.07) is 4.34. The number of ether oxygens (including phenoxy) is 12. The van der Waals surface area contributed by atoms with Crippen LogP contribution in [0, 0.1) is 0 Å². The van der Waals surface area contributed by atoms with Crippen molar-refractivity contribution in [3.05, 3.63) is 138 Å². The smallest absolute Gasteiger partial charge is 0.344 e. The van der Waals surface area contributed by atoms with Gasteiger partial charge in [0.05, 0.1) is 44.2 Å². The predicted molar refractivity (Wildman–Crippen MR) is 418 cm³/mol. The molecule has 0 spiro atoms. The summed E-state index contributed by atoms with van der Waals surface area (Å²) in [5, 5.41) is 308. The van der Waals surface area contributed by atoms with Gasteiger partial charge in [0, 0.05) is 57.3 Å². The topological polar surface area (TPSA) is 874 Å². The fourth-order valence-corrected chi connectivity index (χ4v) is 14.8. The molecule has 16 rings (SSSR count). The van der Waals surface area contributed by atoms with Gasteiger partial charge in [0.15, 0.2) is 175 Å². The van der Waals surface area contributed by atoms with Gasteiger partial charge >= 0.3 is 59.0 Å². The lowest BCUT2D eigenvalue weighted by Crippen LogP contribution is -2.62. The number of hydrogen-bond acceptors (Lipinski definition) is 52. The summed E-state index contributed by atoms with van der Waals surface area (Å²) in [6.45, 7) is -3.01. The fraction of sp³-hybridized carbons (Fsp3) is 0.146. The Labute approximate surface area is 732 Å². The van der Waals surface area contributed by atoms with E-state index in [1.807, 2.05) is 0 Å². The lowest BCUT2D eigenvalue weighted by Gasteiger charge is -2.42. The van der Waals surface area contributed by atoms with E-state index in [4.69, 9.17) is 65.7 Å². The highest BCUT2D eigenvalue weighted by molar-refractivity contribution is 6.22. The summed E-state index contributed by atoms with van der Waals surface area (Å²) in [5.74, 6) is -60.2. The molecule has 12 aromatic rings. The van der Waals surface area contributed by atoms with Crippen molar-refractivity contribution in [2.24, 2.45) is 0 Å². The first-order valence-corrected chi connectivity index (χ1v) is 37.2. The minimum atomic E-state index is -2.98. The van der Waals surface area contributed by atoms with Crippen molar-refractivity contribution < 1.29 is 247 Å². The highest BCUT2D eigenvalue weighted by atomic mass is 16.7. The molecule has 0 saturated carbocycles. The summed E-state index contributed by atoms with van der Waals surface area (Å²) in [4.78, 5) is 145. The molecule has 2 fully saturated rings. The van der Waals surface area contributed by atoms with E-state index in [1.54, 1.807) is 0 Å². The molecule has 10 aromatic carbocycles. The average Bonchev–Trinajstić information content (AvgIpc) is 1.05. The highest BCUT2D eigenvalue weighted by Gasteiger charge is 2.57. The number of esters is 8. The number of aromatic hydroxyl groups is 26. The maximum Gasteiger partial charge on any atom is 0.344 e. The normalized spacial score (nSPS) is 19.4. The molecule has 52 nitrogen and oxygen atoms in total. The SMILES string of the molecule is O=C(O[C@@H]1[C@@H](OC(=O)c2cc(O)c(O)c(O)c2Oc2cc3c(c(O)c2O)-c2c(cc(O)c(O)c2O)C(=O)O[C@H]2[C@H](OC(=O)c4cc(O)c(O)c(O)c4)[C@@H](OC(=O)c4cc(O)c(O)c(O)c4Oc4cc5c(=O)oc6c(O)c(O)cc7c(=O)oc(c4O)c5c67)[C@H](O)O[C@@H]2COC3=O)[C@H](O)O[C@@H]2COC(=O)c3cc(O)c(O)c(O)c3-c3c(cc(O)c(O)c3O)C(=O)O[C@@H]12)c1cc(O)c(O)c(O)c1. The number of phenolic OH excluding ortho intramolecular Hbond substituents is 26. The summed E-state index contributed by atoms with van der Waals surface area (Å²) < 4.78 is 77.8. The van der Waals surface area contributed by atoms with Gasteiger partial charge in [-0.15, -0.1) is 0 Å². The van der Waals surface area contributed by atoms with E-state index in [0.29, 0.717) is 48.5 Å². The van der Waals surface area contributed by atoms with Crippen molar-refractivity contribution in [1.82, 2.24) is 0 Å². The molecule has 0 bridgehead atoms. The first kappa shape index (κ1) is 88.6. The molecule has 4 aliphatic rings. The van der Waals surface area contributed by atoms with Crippen LogP contribution in [0.2, 0.25) is 0 Å². The third kappa shape index (κ3) is 14.3. The molecule has 2 aromatic heterocycles. The van der Waals surface area contributed by atoms with Gasteiger partial charge in [0.2, 0.25) is 57.5 Å². The van der Waals surface area contributed by atoms with Crippen molar-refractivity contribution in [2.45, 2.75) is 61.4 Å². The highest BCUT2D eigenvalue weighted by Crippen LogP contribution is 2.59. The lowest BCUT2D eigenvalue weighted by molar-refractivity contribution is -0.284. The van der Waals surface area contributed by atoms with Gasteiger partial charge in [-0.3, -0.25) is 0 Å². The van der Waals surface area contributed by atoms with Crippen LogP contribution in [0.4, 0.5) is 0 Å². The van der Waals surface area contributed by atoms with Crippen molar-refractivity contribution >= 4 is 80.5 Å². The van der Waals surface area contributed by atoms with E-state index in [2.05, 4.69) is 0 Å². The Kier molecular flexibility index (Phi) is 21.3. The van der Waals surface area contributed by atoms with E-state index >= 15 is 14.4 Å². The van der Waals surface area contributed by atoms with E-state index in [0.717, 1.165) is 0 Å². The Morgan fingerprint density at radius 3 is 0.970 bits per heavy atom. The number of carbonyl (C=O) groups excluding carboxylic acids is 8. The predicted octanol–water partition coefficient (Wildman–Crippen LogP) is 3.48. The van der Waals surface area contributed by atoms with Gasteiger partial charge in [-0.05, 0) is 48.5 Å². The van der Waals surface area contributed by atoms with Gasteiger partial charge < -0.3 is 209 Å². The molecular formula is C82H54O52. The summed E-state index contributed by atoms with van der Waals surface area (Å²) >= 11 is 0. The van der Waals surface area contributed by atoms with Crippen LogP contribution in [-0.4, -0.2) is 265 Å². The maximum absolute atomic E-state index is 15.3. The zero-order valence-corrected chi connectivity index (χ0v) is 65.4. The maximum atomic E-state index is 15.3. The molecule has 0 aliphatic carbocycles. The van der Waals surface area contributed by atoms with Crippen molar-refractivity contribution in [2.75, 3.05) is 13.2 Å². The van der Waals surface area contributed by atoms with Gasteiger partial charge in [-0.25, -0.2) is 47.9 Å². The number of aliphatic hydroxyl groups is 2. The summed E-state index contributed by atoms with van der Waals surface area (Å²) in [7, 11) is 0. The van der Waals surface area contributed by atoms with Crippen LogP contribution in [0.25, 0.3) is 55.0 Å². The Bertz CT molecular complexity index is 7280. The van der Waals surface area contributed by atoms with E-state index in [1.165, 1.54) is 0 Å². The molecule has 10 atom stereocenters. The van der Waals surface area contributed by atoms with Crippen LogP contribution in [0.3, 0.4) is 0 Å². The quantitative estimate of drug-likeness (QED) is 0.0274. The number of hydrogen-bond donors (Lipinski definition) is 28. The number of rotatable bonds is 12. The molecule has 28 N–H and O–H groups in total. The minimum Gasteiger partial charge on any atom is -0.504 e. The third-order valence-corrected chi connectivity index (χ3v) is 21.2. The molecule has 134 heavy (non-hydrogen) atoms. The van der Waals surface area contributed by atoms with Gasteiger partial charge in [-0.2, -0.15) is 0 Å². The standard InChI is InChI=1S/C82H54O52/c83-25-1-15(2-26(84)45(25)93)71(109)131-67-63-37(13-121-73(111)17-5-29(87)47(95)55(103)39(17)40-18(75(113)127-63)6-30(88)48(96)56(40)104)125-81(119)69(67)133-79(117)23-9-32(90)50(98)59(107)61(23)123-35-11-21-42(58(106)53(35)101)41-19(7-31(89)49(97)57(41)105)76(114)128-64-38(14-122-74(21)112)126-82(120)70(68(64)132-72(110)16-3-27(85)46(94)28(86)4-16)134-80(118)24-10-33(91)51(99)60(108)62(24)124-36-12-22-44-43-20(77(115)130-66(44)54(36)102)8-34(92)52(100)65(43)129-78(22)116/h1-12,37-38,63-64,67-70,81-108,119-120H,13-14H2/t37-,38-,63-,64-,67+,68+,69-,70-,81-,82-/m1/s1. The Hall–Kier alpha value is -18.9. The average molecular weight is 1870 g/mol. The molecule has 6 heterocycles. The molecule has 4 aliphatic heterocycles. The minimum absolute atomic E-state index is 0.123. The van der Waals surface area contributed by atoms with Crippen LogP contribution in [0.5, 0.6) is 172 Å². The molecular weight excluding hydrogens is 1820 g/mol. The zero-order valence-electron chi connectivity index (χ0n) is 65.4. The summed E-state index contributed by atoms with van der Waals surface area (Å²) in [6.07, 6.45) is -27.6. The number of phenols is 26. The van der Waals surface area contributed by atoms with Gasteiger partial charge in [0.1, 0.15) is 36.5 Å². The van der Waals surface area contributed by atoms with Gasteiger partial charge in [0.25, 0.3) is 0 Å². The van der Waals surface area contributed by atoms with E-state index in [-0.39, 0.29) is 24.3 Å². The molecule has 52 heteroatoms. The van der Waals surface area contributed by atoms with Crippen LogP contribution < -0.4 is 20.7 Å². The molecule has 0 amide bonds. The molecule has 0 unspecified atom stereocenters. The van der Waals surface area contributed by atoms with Crippen molar-refractivity contribution in [3.8, 4) is 195 Å². The largest absolute Gasteiger partial charge is 0.504 e. The first-order chi connectivity index (χ1) is 63.2. The van der Waals surface area contributed by atoms with Crippen molar-refractivity contribution in [3.63, 3.8) is 0 Å². The summed E-state index contributed by atoms with van der Waals surface area (Å²) in [5.41, 5.74) is -20.1. The number of benzene rings is 10. The van der Waals surface area contributed by atoms with Crippen molar-refractivity contribution in [1.29, 1.82) is 0 Å². The van der Waals surface area contributed by atoms with Crippen LogP contribution in [-0.2, 0) is 47.4 Å². The second-order valence-electron chi connectivity index (χ2n) is 29.2. The second kappa shape index (κ2) is 32.2. The number of fused-ring (bicyclic) bond motifs is 8. The molecule has 2 saturated heterocycles. The number of carbonyl (C=O) groups is 8. The zero-order chi connectivity index (χ0) is 97.1. The second-order valence-corrected chi connectivity index (χ2v) is 29.2. The first-order valence-electron chi connectivity index (χ1n) is 37.2. The Balaban J connectivity index is 0.765. The Morgan fingerprint density at radius 1 is 0.291 bits per heavy atom. The fourth-order valence-electron chi connectivity index (χ4n) is 14.8. The molecule has 0 radical (unpaired) electrons. The lowest BCUT2D eigenvalue weighted by atomic mass is 9.91. The van der Waals surface area contributed by atoms with Crippen LogP contribution >= 0.6 is 0 Å². The Morgan fingerprint density at radius 2 is 0.590 bits per heavy atom. The van der Waals surface area contributed by atoms with Crippen LogP contribution in [0.15, 0.2) is 91.2 Å². The number of aliphatic hydroxyl groups excluding tert-OH is 2.